The first-order valence-corrected chi connectivity index (χ1v) is 34.1. The van der Waals surface area contributed by atoms with Gasteiger partial charge < -0.3 is 52.0 Å². The van der Waals surface area contributed by atoms with Gasteiger partial charge in [-0.3, -0.25) is 0 Å². The minimum Gasteiger partial charge on any atom is -0.358 e. The normalized spacial score (nSPS) is 18.0. The summed E-state index contributed by atoms with van der Waals surface area (Å²) in [6, 6.07) is 24.2. The third-order valence-electron chi connectivity index (χ3n) is 18.6. The Balaban J connectivity index is 0.000000297. The quantitative estimate of drug-likeness (QED) is 0.114. The SMILES string of the molecule is CC(C)C[C@H]1CCc2nn(C)c[n+]21.CC(C)[C@H]1CCc2nn(-c3ccccc3)c[n+]21.Cn1c[n+]2c(n1)CCC2.Cn1c[n+]2c(n1)CCC2.Cn1c[n+]2c(n1)CC[C@@H]2C(C)(C)C.Cn1c[n+]2c(n1)CC[C@@H]2CC(C)(C)C.Cn1c[n+]2c(n1)CC[C@@H]2Cc1ccccc1.[CH3-].[CH3-].[CH3-].[CH3-].[CH3-].[CH3-].[CH3-]. The third-order valence-corrected chi connectivity index (χ3v) is 18.6. The Morgan fingerprint density at radius 3 is 1.26 bits per heavy atom. The van der Waals surface area contributed by atoms with E-state index < -0.39 is 0 Å². The smallest absolute Gasteiger partial charge is 0.278 e. The second-order valence-corrected chi connectivity index (χ2v) is 29.6. The molecule has 7 aliphatic rings. The van der Waals surface area contributed by atoms with Gasteiger partial charge in [-0.15, -0.1) is 28.1 Å². The molecule has 0 amide bonds. The molecular formula is C77H131N21. The Bertz CT molecular complexity index is 3670. The lowest BCUT2D eigenvalue weighted by atomic mass is 9.85. The largest absolute Gasteiger partial charge is 0.358 e. The van der Waals surface area contributed by atoms with E-state index in [9.17, 15) is 0 Å². The Kier molecular flexibility index (Phi) is 32.0. The summed E-state index contributed by atoms with van der Waals surface area (Å²) < 4.78 is 29.5. The first-order chi connectivity index (χ1) is 43.4. The van der Waals surface area contributed by atoms with E-state index in [-0.39, 0.29) is 52.0 Å². The molecule has 98 heavy (non-hydrogen) atoms. The van der Waals surface area contributed by atoms with Crippen LogP contribution >= 0.6 is 0 Å². The highest BCUT2D eigenvalue weighted by Gasteiger charge is 2.39. The fourth-order valence-electron chi connectivity index (χ4n) is 14.5. The van der Waals surface area contributed by atoms with Crippen LogP contribution < -0.4 is 32.0 Å². The van der Waals surface area contributed by atoms with Gasteiger partial charge in [-0.25, -0.2) is 32.0 Å². The van der Waals surface area contributed by atoms with Crippen LogP contribution in [-0.2, 0) is 107 Å². The summed E-state index contributed by atoms with van der Waals surface area (Å²) in [4.78, 5) is 0. The summed E-state index contributed by atoms with van der Waals surface area (Å²) in [7, 11) is 11.9. The molecule has 0 aliphatic carbocycles. The lowest BCUT2D eigenvalue weighted by Crippen LogP contribution is -2.43. The topological polar surface area (TPSA) is 152 Å². The van der Waals surface area contributed by atoms with Crippen LogP contribution in [0, 0.1) is 74.7 Å². The summed E-state index contributed by atoms with van der Waals surface area (Å²) in [5.74, 6) is 10.1. The van der Waals surface area contributed by atoms with Crippen LogP contribution in [0.3, 0.4) is 0 Å². The summed E-state index contributed by atoms with van der Waals surface area (Å²) in [6.45, 7) is 25.3. The Hall–Kier alpha value is -7.58. The van der Waals surface area contributed by atoms with Gasteiger partial charge in [0, 0.05) is 87.1 Å². The highest BCUT2D eigenvalue weighted by molar-refractivity contribution is 5.29. The van der Waals surface area contributed by atoms with Crippen molar-refractivity contribution in [2.24, 2.45) is 65.0 Å². The van der Waals surface area contributed by atoms with E-state index in [4.69, 9.17) is 0 Å². The minimum absolute atomic E-state index is 0. The van der Waals surface area contributed by atoms with Gasteiger partial charge in [0.25, 0.3) is 40.8 Å². The Morgan fingerprint density at radius 2 is 0.796 bits per heavy atom. The highest BCUT2D eigenvalue weighted by atomic mass is 15.4. The molecule has 16 rings (SSSR count). The maximum atomic E-state index is 4.67. The number of hydrogen-bond donors (Lipinski definition) is 0. The van der Waals surface area contributed by atoms with Crippen molar-refractivity contribution in [3.63, 3.8) is 0 Å². The van der Waals surface area contributed by atoms with E-state index >= 15 is 0 Å². The van der Waals surface area contributed by atoms with Crippen molar-refractivity contribution >= 4 is 0 Å². The van der Waals surface area contributed by atoms with Crippen LogP contribution in [0.1, 0.15) is 204 Å². The van der Waals surface area contributed by atoms with Crippen LogP contribution in [0.25, 0.3) is 5.69 Å². The van der Waals surface area contributed by atoms with Crippen LogP contribution in [0.15, 0.2) is 105 Å². The van der Waals surface area contributed by atoms with Crippen molar-refractivity contribution in [3.8, 4) is 5.69 Å². The van der Waals surface area contributed by atoms with Crippen molar-refractivity contribution in [1.29, 1.82) is 0 Å². The Morgan fingerprint density at radius 1 is 0.408 bits per heavy atom. The van der Waals surface area contributed by atoms with E-state index in [1.54, 1.807) is 0 Å². The number of aryl methyl sites for hydroxylation is 15. The van der Waals surface area contributed by atoms with E-state index in [0.29, 0.717) is 47.0 Å². The summed E-state index contributed by atoms with van der Waals surface area (Å²) in [5, 5.41) is 31.0. The first-order valence-electron chi connectivity index (χ1n) is 34.1. The fraction of sp³-hybridized carbons (Fsp3) is 0.571. The molecule has 0 fully saturated rings. The van der Waals surface area contributed by atoms with Crippen LogP contribution in [0.2, 0.25) is 0 Å². The van der Waals surface area contributed by atoms with Gasteiger partial charge in [-0.05, 0) is 98.1 Å². The standard InChI is InChI=1S/C14H18N3.C13H16N3.C11H20N3.2C10H18N3.2C6H10N3.7CH3/c1-11(2)13-8-9-14-15-17(10-16(13)14)12-6-4-3-5-7-12;1-15-10-16-12(7-8-13(16)14-15)9-11-5-3-2-4-6-11;1-11(2,3)7-9-5-6-10-12-13(4)8-14(9)10;1-10(2,3)8-5-6-9-11-12(4)7-13(8)9;1-8(2)6-9-4-5-10-11-12(3)7-13(9)10;2*1-8-5-9-4-2-3-6(9)7-8;;;;;;;/h3-7,10-11,13H,8-9H2,1-2H3;2-6,10,12H,7-9H2,1H3;8-9H,5-7H2,1-4H3;7-8H,5-6H2,1-4H3;7-9H,4-6H2,1-3H3;2*5H,2-4H2,1H3;7*1H3/q7*+1;7*-1/t13-;12-;9-;8-;9-;;;;;;;;;/m11111........./s1. The number of benzene rings is 2. The van der Waals surface area contributed by atoms with E-state index in [2.05, 4.69) is 211 Å². The van der Waals surface area contributed by atoms with Gasteiger partial charge in [0.1, 0.15) is 5.69 Å². The molecule has 0 N–H and O–H groups in total. The molecule has 0 spiro atoms. The van der Waals surface area contributed by atoms with Crippen molar-refractivity contribution in [2.45, 2.75) is 222 Å². The maximum absolute atomic E-state index is 4.67. The highest BCUT2D eigenvalue weighted by Crippen LogP contribution is 2.34. The summed E-state index contributed by atoms with van der Waals surface area (Å²) >= 11 is 0. The average Bonchev–Trinajstić information content (AvgIpc) is 1.65. The molecule has 7 aromatic heterocycles. The van der Waals surface area contributed by atoms with Crippen LogP contribution in [-0.4, -0.2) is 68.5 Å². The third kappa shape index (κ3) is 21.7. The number of nitrogens with zero attached hydrogens (tertiary/aromatic N) is 21. The molecule has 5 atom stereocenters. The molecule has 2 aromatic carbocycles. The molecule has 14 heterocycles. The van der Waals surface area contributed by atoms with Crippen molar-refractivity contribution < 1.29 is 32.0 Å². The van der Waals surface area contributed by atoms with Gasteiger partial charge in [-0.2, -0.15) is 0 Å². The zero-order chi connectivity index (χ0) is 64.7. The number of aromatic nitrogens is 21. The zero-order valence-corrected chi connectivity index (χ0v) is 65.2. The predicted octanol–water partition coefficient (Wildman–Crippen LogP) is 10.3. The number of fused-ring (bicyclic) bond motifs is 7. The number of rotatable bonds is 7. The van der Waals surface area contributed by atoms with Gasteiger partial charge >= 0.3 is 0 Å². The molecule has 21 heteroatoms. The molecular weight excluding hydrogens is 1220 g/mol. The lowest BCUT2D eigenvalue weighted by molar-refractivity contribution is -0.729. The monoisotopic (exact) mass is 1350 g/mol. The van der Waals surface area contributed by atoms with E-state index in [1.807, 2.05) is 106 Å². The molecule has 544 valence electrons. The van der Waals surface area contributed by atoms with E-state index in [1.165, 1.54) is 104 Å². The zero-order valence-electron chi connectivity index (χ0n) is 65.2. The van der Waals surface area contributed by atoms with Crippen molar-refractivity contribution in [1.82, 2.24) is 68.5 Å². The minimum atomic E-state index is 0. The fourth-order valence-corrected chi connectivity index (χ4v) is 14.5. The second-order valence-electron chi connectivity index (χ2n) is 29.6. The lowest BCUT2D eigenvalue weighted by Gasteiger charge is -2.24. The summed E-state index contributed by atoms with van der Waals surface area (Å²) in [6.07, 6.45) is 35.0. The van der Waals surface area contributed by atoms with Crippen LogP contribution in [0.5, 0.6) is 0 Å². The first kappa shape index (κ1) is 84.6. The number of hydrogen-bond acceptors (Lipinski definition) is 7. The molecule has 9 aromatic rings. The van der Waals surface area contributed by atoms with Crippen molar-refractivity contribution in [3.05, 3.63) is 203 Å². The molecule has 0 radical (unpaired) electrons. The Labute approximate surface area is 593 Å². The molecule has 7 aliphatic heterocycles. The van der Waals surface area contributed by atoms with Crippen molar-refractivity contribution in [2.75, 3.05) is 0 Å². The van der Waals surface area contributed by atoms with Gasteiger partial charge in [0.05, 0.1) is 85.6 Å². The predicted molar refractivity (Wildman–Crippen MR) is 390 cm³/mol. The van der Waals surface area contributed by atoms with Gasteiger partial charge in [0.15, 0.2) is 0 Å². The van der Waals surface area contributed by atoms with Gasteiger partial charge in [-0.1, -0.05) is 122 Å². The molecule has 0 unspecified atom stereocenters. The number of para-hydroxylation sites is 1. The second kappa shape index (κ2) is 37.0. The molecule has 0 saturated heterocycles. The van der Waals surface area contributed by atoms with Gasteiger partial charge in [0.2, 0.25) is 44.3 Å². The molecule has 0 bridgehead atoms. The summed E-state index contributed by atoms with van der Waals surface area (Å²) in [5.41, 5.74) is 3.31. The average molecular weight is 1350 g/mol. The molecule has 21 nitrogen and oxygen atoms in total. The van der Waals surface area contributed by atoms with E-state index in [0.717, 1.165) is 76.1 Å². The van der Waals surface area contributed by atoms with Crippen LogP contribution in [0.4, 0.5) is 0 Å². The molecule has 0 saturated carbocycles. The maximum Gasteiger partial charge on any atom is 0.278 e.